The van der Waals surface area contributed by atoms with E-state index < -0.39 is 6.36 Å². The van der Waals surface area contributed by atoms with Crippen LogP contribution in [0.25, 0.3) is 0 Å². The van der Waals surface area contributed by atoms with Crippen LogP contribution in [0.1, 0.15) is 34.1 Å². The lowest BCUT2D eigenvalue weighted by Gasteiger charge is -2.40. The number of ether oxygens (including phenoxy) is 1. The first kappa shape index (κ1) is 9.97. The molecule has 1 aliphatic heterocycles. The van der Waals surface area contributed by atoms with E-state index in [4.69, 9.17) is 4.74 Å². The Labute approximate surface area is 74.3 Å². The summed E-state index contributed by atoms with van der Waals surface area (Å²) in [6.45, 7) is 8.25. The summed E-state index contributed by atoms with van der Waals surface area (Å²) >= 11 is 0. The van der Waals surface area contributed by atoms with Crippen molar-refractivity contribution in [2.24, 2.45) is 17.8 Å². The molecular formula is C10H19FO. The lowest BCUT2D eigenvalue weighted by atomic mass is 9.79. The molecule has 1 fully saturated rings. The third-order valence-electron chi connectivity index (χ3n) is 3.37. The van der Waals surface area contributed by atoms with Crippen LogP contribution in [0.4, 0.5) is 4.39 Å². The molecule has 1 nitrogen and oxygen atoms in total. The summed E-state index contributed by atoms with van der Waals surface area (Å²) in [6.07, 6.45) is -0.0223. The van der Waals surface area contributed by atoms with Crippen molar-refractivity contribution in [2.75, 3.05) is 0 Å². The molecular weight excluding hydrogens is 155 g/mol. The van der Waals surface area contributed by atoms with Gasteiger partial charge in [0.25, 0.3) is 0 Å². The van der Waals surface area contributed by atoms with Crippen LogP contribution in [-0.4, -0.2) is 12.5 Å². The molecule has 1 aliphatic rings. The predicted molar refractivity (Wildman–Crippen MR) is 47.6 cm³/mol. The predicted octanol–water partition coefficient (Wildman–Crippen LogP) is 3.00. The summed E-state index contributed by atoms with van der Waals surface area (Å²) < 4.78 is 18.5. The summed E-state index contributed by atoms with van der Waals surface area (Å²) in [5.41, 5.74) is 0. The topological polar surface area (TPSA) is 9.23 Å². The number of alkyl halides is 1. The molecule has 0 spiro atoms. The van der Waals surface area contributed by atoms with Crippen molar-refractivity contribution in [2.45, 2.75) is 46.6 Å². The van der Waals surface area contributed by atoms with Crippen LogP contribution in [-0.2, 0) is 4.74 Å². The van der Waals surface area contributed by atoms with Crippen LogP contribution >= 0.6 is 0 Å². The zero-order valence-electron chi connectivity index (χ0n) is 8.38. The van der Waals surface area contributed by atoms with E-state index in [-0.39, 0.29) is 12.0 Å². The van der Waals surface area contributed by atoms with Crippen molar-refractivity contribution in [1.82, 2.24) is 0 Å². The van der Waals surface area contributed by atoms with E-state index in [0.717, 1.165) is 6.42 Å². The Morgan fingerprint density at radius 3 is 2.17 bits per heavy atom. The highest BCUT2D eigenvalue weighted by Crippen LogP contribution is 2.36. The third-order valence-corrected chi connectivity index (χ3v) is 3.37. The molecule has 0 aromatic rings. The highest BCUT2D eigenvalue weighted by Gasteiger charge is 2.37. The van der Waals surface area contributed by atoms with Crippen LogP contribution in [0, 0.1) is 17.8 Å². The lowest BCUT2D eigenvalue weighted by Crippen LogP contribution is -2.42. The molecule has 0 bridgehead atoms. The van der Waals surface area contributed by atoms with Crippen molar-refractivity contribution in [1.29, 1.82) is 0 Å². The lowest BCUT2D eigenvalue weighted by molar-refractivity contribution is -0.188. The normalized spacial score (nSPS) is 49.2. The summed E-state index contributed by atoms with van der Waals surface area (Å²) in [5.74, 6) is 0.957. The fourth-order valence-corrected chi connectivity index (χ4v) is 1.94. The highest BCUT2D eigenvalue weighted by atomic mass is 19.1. The van der Waals surface area contributed by atoms with Gasteiger partial charge in [-0.05, 0) is 18.3 Å². The Morgan fingerprint density at radius 1 is 1.08 bits per heavy atom. The Hall–Kier alpha value is -0.110. The summed E-state index contributed by atoms with van der Waals surface area (Å²) in [7, 11) is 0. The molecule has 0 amide bonds. The number of halogens is 1. The Bertz CT molecular complexity index is 144. The molecule has 0 aromatic carbocycles. The molecule has 2 heteroatoms. The Morgan fingerprint density at radius 2 is 1.67 bits per heavy atom. The number of rotatable bonds is 1. The average Bonchev–Trinajstić information content (AvgIpc) is 2.08. The van der Waals surface area contributed by atoms with E-state index in [2.05, 4.69) is 20.8 Å². The van der Waals surface area contributed by atoms with Gasteiger partial charge in [-0.3, -0.25) is 0 Å². The second-order valence-electron chi connectivity index (χ2n) is 4.01. The molecule has 1 heterocycles. The van der Waals surface area contributed by atoms with Crippen molar-refractivity contribution < 1.29 is 9.13 Å². The first-order chi connectivity index (χ1) is 5.57. The molecule has 0 N–H and O–H groups in total. The average molecular weight is 174 g/mol. The molecule has 1 rings (SSSR count). The van der Waals surface area contributed by atoms with Gasteiger partial charge >= 0.3 is 0 Å². The second-order valence-corrected chi connectivity index (χ2v) is 4.01. The van der Waals surface area contributed by atoms with E-state index in [1.54, 1.807) is 0 Å². The van der Waals surface area contributed by atoms with Crippen molar-refractivity contribution >= 4 is 0 Å². The second kappa shape index (κ2) is 3.73. The molecule has 5 atom stereocenters. The van der Waals surface area contributed by atoms with Crippen LogP contribution in [0.3, 0.4) is 0 Å². The van der Waals surface area contributed by atoms with Gasteiger partial charge in [0.1, 0.15) is 0 Å². The smallest absolute Gasteiger partial charge is 0.201 e. The summed E-state index contributed by atoms with van der Waals surface area (Å²) in [6, 6.07) is 0. The molecule has 0 aromatic heterocycles. The van der Waals surface area contributed by atoms with Crippen LogP contribution in [0.2, 0.25) is 0 Å². The number of hydrogen-bond donors (Lipinski definition) is 0. The summed E-state index contributed by atoms with van der Waals surface area (Å²) in [5, 5.41) is 0. The van der Waals surface area contributed by atoms with Crippen molar-refractivity contribution in [3.05, 3.63) is 0 Å². The first-order valence-electron chi connectivity index (χ1n) is 4.87. The van der Waals surface area contributed by atoms with E-state index >= 15 is 0 Å². The van der Waals surface area contributed by atoms with E-state index in [1.807, 2.05) is 6.92 Å². The zero-order chi connectivity index (χ0) is 9.30. The van der Waals surface area contributed by atoms with Gasteiger partial charge in [-0.15, -0.1) is 0 Å². The fourth-order valence-electron chi connectivity index (χ4n) is 1.94. The van der Waals surface area contributed by atoms with Crippen LogP contribution in [0.5, 0.6) is 0 Å². The molecule has 0 aliphatic carbocycles. The molecule has 0 radical (unpaired) electrons. The van der Waals surface area contributed by atoms with Crippen molar-refractivity contribution in [3.63, 3.8) is 0 Å². The molecule has 2 unspecified atom stereocenters. The minimum atomic E-state index is -1.05. The maximum atomic E-state index is 13.2. The van der Waals surface area contributed by atoms with Crippen molar-refractivity contribution in [3.8, 4) is 0 Å². The van der Waals surface area contributed by atoms with Crippen LogP contribution < -0.4 is 0 Å². The zero-order valence-corrected chi connectivity index (χ0v) is 8.38. The molecule has 1 saturated heterocycles. The minimum absolute atomic E-state index is 0.0443. The molecule has 72 valence electrons. The molecule has 12 heavy (non-hydrogen) atoms. The highest BCUT2D eigenvalue weighted by molar-refractivity contribution is 4.81. The van der Waals surface area contributed by atoms with Gasteiger partial charge < -0.3 is 4.74 Å². The number of hydrogen-bond acceptors (Lipinski definition) is 1. The van der Waals surface area contributed by atoms with E-state index in [9.17, 15) is 4.39 Å². The maximum Gasteiger partial charge on any atom is 0.201 e. The standard InChI is InChI=1S/C10H19FO/c1-5-9-7(3)6(2)8(4)10(11)12-9/h6-10H,5H2,1-4H3/t6-,7-,8?,9?,10+/m0/s1. The Balaban J connectivity index is 2.63. The maximum absolute atomic E-state index is 13.2. The monoisotopic (exact) mass is 174 g/mol. The van der Waals surface area contributed by atoms with Gasteiger partial charge in [-0.1, -0.05) is 27.7 Å². The van der Waals surface area contributed by atoms with Gasteiger partial charge in [0, 0.05) is 5.92 Å². The SMILES string of the molecule is CCC1O[C@@H](F)C(C)[C@@H](C)[C@@H]1C. The van der Waals surface area contributed by atoms with E-state index in [1.165, 1.54) is 0 Å². The Kier molecular flexibility index (Phi) is 3.10. The first-order valence-corrected chi connectivity index (χ1v) is 4.87. The largest absolute Gasteiger partial charge is 0.344 e. The quantitative estimate of drug-likeness (QED) is 0.593. The summed E-state index contributed by atoms with van der Waals surface area (Å²) in [4.78, 5) is 0. The minimum Gasteiger partial charge on any atom is -0.344 e. The van der Waals surface area contributed by atoms with Gasteiger partial charge in [0.05, 0.1) is 6.10 Å². The van der Waals surface area contributed by atoms with E-state index in [0.29, 0.717) is 11.8 Å². The fraction of sp³-hybridized carbons (Fsp3) is 1.00. The van der Waals surface area contributed by atoms with Gasteiger partial charge in [-0.25, -0.2) is 4.39 Å². The third kappa shape index (κ3) is 1.63. The van der Waals surface area contributed by atoms with Gasteiger partial charge in [0.15, 0.2) is 0 Å². The van der Waals surface area contributed by atoms with Gasteiger partial charge in [0.2, 0.25) is 6.36 Å². The van der Waals surface area contributed by atoms with Gasteiger partial charge in [-0.2, -0.15) is 0 Å². The molecule has 0 saturated carbocycles. The van der Waals surface area contributed by atoms with Crippen LogP contribution in [0.15, 0.2) is 0 Å².